The molecule has 0 saturated heterocycles. The maximum absolute atomic E-state index is 13.8. The molecule has 0 unspecified atom stereocenters. The van der Waals surface area contributed by atoms with E-state index in [4.69, 9.17) is 5.73 Å². The van der Waals surface area contributed by atoms with Crippen molar-refractivity contribution in [1.82, 2.24) is 4.90 Å². The molecule has 32 heavy (non-hydrogen) atoms. The van der Waals surface area contributed by atoms with Gasteiger partial charge in [0.1, 0.15) is 18.9 Å². The molecule has 1 aliphatic heterocycles. The van der Waals surface area contributed by atoms with Crippen LogP contribution in [0.3, 0.4) is 0 Å². The number of rotatable bonds is 5. The van der Waals surface area contributed by atoms with E-state index >= 15 is 0 Å². The van der Waals surface area contributed by atoms with Crippen molar-refractivity contribution in [2.24, 2.45) is 5.73 Å². The zero-order valence-corrected chi connectivity index (χ0v) is 16.6. The Labute approximate surface area is 179 Å². The number of nitrogens with zero attached hydrogens (tertiary/aromatic N) is 2. The molecular weight excluding hydrogens is 440 g/mol. The van der Waals surface area contributed by atoms with E-state index in [-0.39, 0.29) is 30.6 Å². The van der Waals surface area contributed by atoms with Gasteiger partial charge in [0, 0.05) is 30.8 Å². The lowest BCUT2D eigenvalue weighted by molar-refractivity contribution is -0.138. The number of carbonyl (C=O) groups excluding carboxylic acids is 2. The molecule has 1 atom stereocenters. The predicted octanol–water partition coefficient (Wildman–Crippen LogP) is 3.30. The molecule has 2 aromatic rings. The van der Waals surface area contributed by atoms with E-state index in [0.717, 1.165) is 4.90 Å². The first-order valence-corrected chi connectivity index (χ1v) is 9.56. The second-order valence-corrected chi connectivity index (χ2v) is 7.50. The van der Waals surface area contributed by atoms with Gasteiger partial charge in [0.15, 0.2) is 11.6 Å². The highest BCUT2D eigenvalue weighted by molar-refractivity contribution is 5.98. The second-order valence-electron chi connectivity index (χ2n) is 7.50. The molecule has 2 amide bonds. The van der Waals surface area contributed by atoms with Crippen LogP contribution in [0.5, 0.6) is 0 Å². The van der Waals surface area contributed by atoms with Gasteiger partial charge in [-0.2, -0.15) is 13.2 Å². The van der Waals surface area contributed by atoms with Crippen LogP contribution in [0.1, 0.15) is 17.5 Å². The maximum atomic E-state index is 13.8. The number of halogens is 6. The summed E-state index contributed by atoms with van der Waals surface area (Å²) in [5.41, 5.74) is 6.05. The van der Waals surface area contributed by atoms with E-state index in [2.05, 4.69) is 0 Å². The SMILES string of the molecule is N[C@@H](CC(=O)N1CC(=O)N(CC(F)(F)F)c2ccccc2C1)Cc1cc(F)c(F)cc1F. The van der Waals surface area contributed by atoms with Crippen LogP contribution in [0, 0.1) is 17.5 Å². The van der Waals surface area contributed by atoms with Crippen molar-refractivity contribution in [1.29, 1.82) is 0 Å². The molecule has 5 nitrogen and oxygen atoms in total. The molecule has 0 aliphatic carbocycles. The zero-order valence-electron chi connectivity index (χ0n) is 16.6. The number of hydrogen-bond acceptors (Lipinski definition) is 3. The lowest BCUT2D eigenvalue weighted by atomic mass is 10.0. The third kappa shape index (κ3) is 5.58. The van der Waals surface area contributed by atoms with Crippen LogP contribution in [0.4, 0.5) is 32.0 Å². The number of alkyl halides is 3. The quantitative estimate of drug-likeness (QED) is 0.551. The summed E-state index contributed by atoms with van der Waals surface area (Å²) in [7, 11) is 0. The van der Waals surface area contributed by atoms with Gasteiger partial charge in [-0.25, -0.2) is 13.2 Å². The first kappa shape index (κ1) is 23.6. The van der Waals surface area contributed by atoms with Crippen LogP contribution in [0.15, 0.2) is 36.4 Å². The highest BCUT2D eigenvalue weighted by Crippen LogP contribution is 2.29. The molecule has 0 saturated carbocycles. The number of nitrogens with two attached hydrogens (primary N) is 1. The Morgan fingerprint density at radius 3 is 2.38 bits per heavy atom. The standard InChI is InChI=1S/C21H19F6N3O2/c22-15-8-17(24)16(23)6-13(15)5-14(28)7-19(31)29-9-12-3-1-2-4-18(12)30(20(32)10-29)11-21(25,26)27/h1-4,6,8,14H,5,7,9-11,28H2/t14-/m1/s1. The number of fused-ring (bicyclic) bond motifs is 1. The van der Waals surface area contributed by atoms with Gasteiger partial charge in [0.25, 0.3) is 0 Å². The molecule has 3 rings (SSSR count). The number of amides is 2. The van der Waals surface area contributed by atoms with E-state index in [1.807, 2.05) is 0 Å². The minimum absolute atomic E-state index is 0.0540. The van der Waals surface area contributed by atoms with Crippen molar-refractivity contribution in [3.8, 4) is 0 Å². The molecule has 172 valence electrons. The second kappa shape index (κ2) is 9.19. The summed E-state index contributed by atoms with van der Waals surface area (Å²) in [5, 5.41) is 0. The molecule has 2 N–H and O–H groups in total. The average molecular weight is 459 g/mol. The normalized spacial score (nSPS) is 15.4. The Morgan fingerprint density at radius 2 is 1.69 bits per heavy atom. The highest BCUT2D eigenvalue weighted by Gasteiger charge is 2.37. The van der Waals surface area contributed by atoms with E-state index in [1.54, 1.807) is 6.07 Å². The lowest BCUT2D eigenvalue weighted by Crippen LogP contribution is -2.44. The van der Waals surface area contributed by atoms with Crippen LogP contribution >= 0.6 is 0 Å². The number of carbonyl (C=O) groups is 2. The molecule has 2 aromatic carbocycles. The molecule has 1 heterocycles. The van der Waals surface area contributed by atoms with Crippen molar-refractivity contribution in [3.63, 3.8) is 0 Å². The Balaban J connectivity index is 1.75. The van der Waals surface area contributed by atoms with Crippen LogP contribution in [-0.4, -0.2) is 42.0 Å². The first-order valence-electron chi connectivity index (χ1n) is 9.56. The smallest absolute Gasteiger partial charge is 0.329 e. The average Bonchev–Trinajstić information content (AvgIpc) is 2.82. The van der Waals surface area contributed by atoms with Crippen LogP contribution in [-0.2, 0) is 22.6 Å². The van der Waals surface area contributed by atoms with E-state index in [1.165, 1.54) is 18.2 Å². The summed E-state index contributed by atoms with van der Waals surface area (Å²) in [6.07, 6.45) is -5.31. The van der Waals surface area contributed by atoms with Gasteiger partial charge in [-0.3, -0.25) is 9.59 Å². The van der Waals surface area contributed by atoms with E-state index in [9.17, 15) is 35.9 Å². The molecular formula is C21H19F6N3O2. The first-order chi connectivity index (χ1) is 14.9. The molecule has 1 aliphatic rings. The third-order valence-corrected chi connectivity index (χ3v) is 4.97. The number of para-hydroxylation sites is 1. The number of benzene rings is 2. The summed E-state index contributed by atoms with van der Waals surface area (Å²) < 4.78 is 79.2. The molecule has 0 fully saturated rings. The topological polar surface area (TPSA) is 66.6 Å². The molecule has 0 spiro atoms. The van der Waals surface area contributed by atoms with E-state index in [0.29, 0.717) is 22.6 Å². The van der Waals surface area contributed by atoms with Crippen molar-refractivity contribution in [2.75, 3.05) is 18.0 Å². The molecule has 0 bridgehead atoms. The largest absolute Gasteiger partial charge is 0.406 e. The van der Waals surface area contributed by atoms with Crippen molar-refractivity contribution >= 4 is 17.5 Å². The summed E-state index contributed by atoms with van der Waals surface area (Å²) in [6.45, 7) is -2.23. The Hall–Kier alpha value is -3.08. The minimum atomic E-state index is -4.64. The monoisotopic (exact) mass is 459 g/mol. The summed E-state index contributed by atoms with van der Waals surface area (Å²) in [4.78, 5) is 26.9. The number of hydrogen-bond donors (Lipinski definition) is 1. The molecule has 0 aromatic heterocycles. The van der Waals surface area contributed by atoms with Gasteiger partial charge >= 0.3 is 6.18 Å². The summed E-state index contributed by atoms with van der Waals surface area (Å²) >= 11 is 0. The van der Waals surface area contributed by atoms with Crippen molar-refractivity contribution < 1.29 is 35.9 Å². The fourth-order valence-corrected chi connectivity index (χ4v) is 3.51. The highest BCUT2D eigenvalue weighted by atomic mass is 19.4. The molecule has 0 radical (unpaired) electrons. The fourth-order valence-electron chi connectivity index (χ4n) is 3.51. The summed E-state index contributed by atoms with van der Waals surface area (Å²) in [6, 6.07) is 5.95. The predicted molar refractivity (Wildman–Crippen MR) is 103 cm³/mol. The van der Waals surface area contributed by atoms with E-state index < -0.39 is 54.6 Å². The Bertz CT molecular complexity index is 1030. The molecule has 11 heteroatoms. The van der Waals surface area contributed by atoms with Gasteiger partial charge in [0.05, 0.1) is 0 Å². The van der Waals surface area contributed by atoms with Crippen LogP contribution in [0.2, 0.25) is 0 Å². The van der Waals surface area contributed by atoms with Crippen LogP contribution in [0.25, 0.3) is 0 Å². The minimum Gasteiger partial charge on any atom is -0.329 e. The van der Waals surface area contributed by atoms with Crippen LogP contribution < -0.4 is 10.6 Å². The Morgan fingerprint density at radius 1 is 1.03 bits per heavy atom. The van der Waals surface area contributed by atoms with Gasteiger partial charge < -0.3 is 15.5 Å². The summed E-state index contributed by atoms with van der Waals surface area (Å²) in [5.74, 6) is -5.20. The fraction of sp³-hybridized carbons (Fsp3) is 0.333. The van der Waals surface area contributed by atoms with Crippen molar-refractivity contribution in [2.45, 2.75) is 31.6 Å². The lowest BCUT2D eigenvalue weighted by Gasteiger charge is -2.24. The van der Waals surface area contributed by atoms with Gasteiger partial charge in [-0.15, -0.1) is 0 Å². The number of anilines is 1. The van der Waals surface area contributed by atoms with Crippen molar-refractivity contribution in [3.05, 3.63) is 65.0 Å². The Kier molecular flexibility index (Phi) is 6.77. The zero-order chi connectivity index (χ0) is 23.6. The maximum Gasteiger partial charge on any atom is 0.406 e. The third-order valence-electron chi connectivity index (χ3n) is 4.97. The van der Waals surface area contributed by atoms with Gasteiger partial charge in [-0.1, -0.05) is 18.2 Å². The van der Waals surface area contributed by atoms with Gasteiger partial charge in [-0.05, 0) is 29.7 Å². The van der Waals surface area contributed by atoms with Gasteiger partial charge in [0.2, 0.25) is 11.8 Å².